The van der Waals surface area contributed by atoms with Crippen molar-refractivity contribution in [2.24, 2.45) is 0 Å². The molecule has 1 amide bonds. The fourth-order valence-electron chi connectivity index (χ4n) is 3.15. The van der Waals surface area contributed by atoms with Crippen LogP contribution < -0.4 is 10.1 Å². The van der Waals surface area contributed by atoms with Gasteiger partial charge in [0.2, 0.25) is 0 Å². The van der Waals surface area contributed by atoms with Crippen LogP contribution in [-0.4, -0.2) is 25.6 Å². The first-order chi connectivity index (χ1) is 12.2. The number of para-hydroxylation sites is 1. The maximum absolute atomic E-state index is 12.3. The van der Waals surface area contributed by atoms with Crippen molar-refractivity contribution in [3.63, 3.8) is 0 Å². The summed E-state index contributed by atoms with van der Waals surface area (Å²) in [5.41, 5.74) is 2.77. The molecule has 1 aliphatic rings. The highest BCUT2D eigenvalue weighted by atomic mass is 16.5. The maximum atomic E-state index is 12.3. The van der Waals surface area contributed by atoms with E-state index in [0.29, 0.717) is 11.3 Å². The van der Waals surface area contributed by atoms with Crippen LogP contribution in [0.15, 0.2) is 48.5 Å². The minimum absolute atomic E-state index is 0.0110. The summed E-state index contributed by atoms with van der Waals surface area (Å²) in [6.07, 6.45) is 3.01. The summed E-state index contributed by atoms with van der Waals surface area (Å²) in [5, 5.41) is 3.03. The Kier molecular flexibility index (Phi) is 5.33. The van der Waals surface area contributed by atoms with Gasteiger partial charge in [0.1, 0.15) is 11.3 Å². The molecule has 0 spiro atoms. The highest BCUT2D eigenvalue weighted by Crippen LogP contribution is 2.29. The lowest BCUT2D eigenvalue weighted by molar-refractivity contribution is -0.124. The van der Waals surface area contributed by atoms with Gasteiger partial charge in [-0.15, -0.1) is 0 Å². The Labute approximate surface area is 147 Å². The summed E-state index contributed by atoms with van der Waals surface area (Å²) in [4.78, 5) is 24.0. The van der Waals surface area contributed by atoms with Crippen molar-refractivity contribution in [1.82, 2.24) is 5.32 Å². The Balaban J connectivity index is 1.62. The lowest BCUT2D eigenvalue weighted by Crippen LogP contribution is -2.34. The second-order valence-corrected chi connectivity index (χ2v) is 5.99. The first-order valence-corrected chi connectivity index (χ1v) is 8.36. The van der Waals surface area contributed by atoms with E-state index in [-0.39, 0.29) is 18.6 Å². The largest absolute Gasteiger partial charge is 0.483 e. The van der Waals surface area contributed by atoms with Gasteiger partial charge >= 0.3 is 5.97 Å². The standard InChI is InChI=1S/C20H21NO4/c1-24-20(23)16-10-4-5-12-18(16)25-13-19(22)21-17-11-6-8-14-7-2-3-9-15(14)17/h2-5,7,9-10,12,17H,6,8,11,13H2,1H3,(H,21,22)/t17-/m0/s1. The third-order valence-electron chi connectivity index (χ3n) is 4.36. The minimum atomic E-state index is -0.489. The van der Waals surface area contributed by atoms with Crippen LogP contribution in [0.3, 0.4) is 0 Å². The summed E-state index contributed by atoms with van der Waals surface area (Å²) in [7, 11) is 1.31. The zero-order valence-electron chi connectivity index (χ0n) is 14.2. The number of hydrogen-bond acceptors (Lipinski definition) is 4. The quantitative estimate of drug-likeness (QED) is 0.851. The zero-order chi connectivity index (χ0) is 17.6. The number of fused-ring (bicyclic) bond motifs is 1. The summed E-state index contributed by atoms with van der Waals surface area (Å²) >= 11 is 0. The van der Waals surface area contributed by atoms with E-state index in [1.54, 1.807) is 24.3 Å². The molecule has 25 heavy (non-hydrogen) atoms. The highest BCUT2D eigenvalue weighted by Gasteiger charge is 2.21. The minimum Gasteiger partial charge on any atom is -0.483 e. The van der Waals surface area contributed by atoms with Gasteiger partial charge in [-0.2, -0.15) is 0 Å². The Morgan fingerprint density at radius 2 is 1.88 bits per heavy atom. The van der Waals surface area contributed by atoms with Crippen LogP contribution >= 0.6 is 0 Å². The smallest absolute Gasteiger partial charge is 0.341 e. The number of methoxy groups -OCH3 is 1. The second-order valence-electron chi connectivity index (χ2n) is 5.99. The van der Waals surface area contributed by atoms with E-state index >= 15 is 0 Å². The summed E-state index contributed by atoms with van der Waals surface area (Å²) in [5.74, 6) is -0.355. The number of carbonyl (C=O) groups excluding carboxylic acids is 2. The molecule has 0 radical (unpaired) electrons. The lowest BCUT2D eigenvalue weighted by atomic mass is 9.88. The molecule has 0 saturated heterocycles. The van der Waals surface area contributed by atoms with E-state index in [9.17, 15) is 9.59 Å². The van der Waals surface area contributed by atoms with E-state index < -0.39 is 5.97 Å². The molecule has 1 atom stereocenters. The summed E-state index contributed by atoms with van der Waals surface area (Å²) in [6.45, 7) is -0.146. The topological polar surface area (TPSA) is 64.6 Å². The van der Waals surface area contributed by atoms with Crippen LogP contribution in [0, 0.1) is 0 Å². The van der Waals surface area contributed by atoms with Crippen molar-refractivity contribution < 1.29 is 19.1 Å². The first kappa shape index (κ1) is 17.0. The molecular weight excluding hydrogens is 318 g/mol. The third-order valence-corrected chi connectivity index (χ3v) is 4.36. The van der Waals surface area contributed by atoms with Crippen molar-refractivity contribution in [1.29, 1.82) is 0 Å². The molecule has 1 aliphatic carbocycles. The SMILES string of the molecule is COC(=O)c1ccccc1OCC(=O)N[C@H]1CCCc2ccccc21. The van der Waals surface area contributed by atoms with Gasteiger partial charge in [0.15, 0.2) is 6.61 Å². The monoisotopic (exact) mass is 339 g/mol. The van der Waals surface area contributed by atoms with Crippen LogP contribution in [0.2, 0.25) is 0 Å². The van der Waals surface area contributed by atoms with Crippen molar-refractivity contribution in [2.75, 3.05) is 13.7 Å². The van der Waals surface area contributed by atoms with E-state index in [4.69, 9.17) is 9.47 Å². The molecule has 5 nitrogen and oxygen atoms in total. The molecule has 0 aliphatic heterocycles. The molecule has 0 aromatic heterocycles. The molecule has 1 N–H and O–H groups in total. The van der Waals surface area contributed by atoms with E-state index in [1.807, 2.05) is 12.1 Å². The highest BCUT2D eigenvalue weighted by molar-refractivity contribution is 5.92. The number of aryl methyl sites for hydroxylation is 1. The maximum Gasteiger partial charge on any atom is 0.341 e. The number of hydrogen-bond donors (Lipinski definition) is 1. The molecule has 3 rings (SSSR count). The summed E-state index contributed by atoms with van der Waals surface area (Å²) in [6, 6.07) is 14.9. The van der Waals surface area contributed by atoms with Crippen LogP contribution in [0.5, 0.6) is 5.75 Å². The van der Waals surface area contributed by atoms with Crippen molar-refractivity contribution in [3.05, 3.63) is 65.2 Å². The van der Waals surface area contributed by atoms with Gasteiger partial charge in [0.25, 0.3) is 5.91 Å². The first-order valence-electron chi connectivity index (χ1n) is 8.36. The number of rotatable bonds is 5. The normalized spacial score (nSPS) is 15.8. The number of ether oxygens (including phenoxy) is 2. The molecule has 0 fully saturated rings. The van der Waals surface area contributed by atoms with Gasteiger partial charge in [0, 0.05) is 0 Å². The predicted molar refractivity (Wildman–Crippen MR) is 93.5 cm³/mol. The Morgan fingerprint density at radius 3 is 2.72 bits per heavy atom. The van der Waals surface area contributed by atoms with E-state index in [2.05, 4.69) is 17.4 Å². The third kappa shape index (κ3) is 3.99. The lowest BCUT2D eigenvalue weighted by Gasteiger charge is -2.26. The number of esters is 1. The predicted octanol–water partition coefficient (Wildman–Crippen LogP) is 3.05. The summed E-state index contributed by atoms with van der Waals surface area (Å²) < 4.78 is 10.3. The molecule has 2 aromatic carbocycles. The van der Waals surface area contributed by atoms with Crippen LogP contribution in [0.4, 0.5) is 0 Å². The number of benzene rings is 2. The van der Waals surface area contributed by atoms with Gasteiger partial charge in [-0.05, 0) is 42.5 Å². The molecule has 0 bridgehead atoms. The van der Waals surface area contributed by atoms with E-state index in [1.165, 1.54) is 18.2 Å². The van der Waals surface area contributed by atoms with Crippen molar-refractivity contribution in [3.8, 4) is 5.75 Å². The number of amides is 1. The molecule has 0 unspecified atom stereocenters. The van der Waals surface area contributed by atoms with Gasteiger partial charge in [-0.25, -0.2) is 4.79 Å². The van der Waals surface area contributed by atoms with Crippen LogP contribution in [0.25, 0.3) is 0 Å². The van der Waals surface area contributed by atoms with E-state index in [0.717, 1.165) is 19.3 Å². The second kappa shape index (κ2) is 7.83. The van der Waals surface area contributed by atoms with Gasteiger partial charge in [-0.1, -0.05) is 36.4 Å². The fourth-order valence-corrected chi connectivity index (χ4v) is 3.15. The van der Waals surface area contributed by atoms with Crippen molar-refractivity contribution in [2.45, 2.75) is 25.3 Å². The molecule has 0 saturated carbocycles. The Bertz CT molecular complexity index is 772. The van der Waals surface area contributed by atoms with Crippen LogP contribution in [-0.2, 0) is 16.0 Å². The van der Waals surface area contributed by atoms with Gasteiger partial charge in [-0.3, -0.25) is 4.79 Å². The molecular formula is C20H21NO4. The molecule has 2 aromatic rings. The van der Waals surface area contributed by atoms with Crippen molar-refractivity contribution >= 4 is 11.9 Å². The molecule has 0 heterocycles. The van der Waals surface area contributed by atoms with Gasteiger partial charge < -0.3 is 14.8 Å². The number of nitrogens with one attached hydrogen (secondary N) is 1. The Morgan fingerprint density at radius 1 is 1.12 bits per heavy atom. The molecule has 5 heteroatoms. The fraction of sp³-hybridized carbons (Fsp3) is 0.300. The van der Waals surface area contributed by atoms with Gasteiger partial charge in [0.05, 0.1) is 13.2 Å². The molecule has 130 valence electrons. The zero-order valence-corrected chi connectivity index (χ0v) is 14.2. The average molecular weight is 339 g/mol. The average Bonchev–Trinajstić information content (AvgIpc) is 2.66. The van der Waals surface area contributed by atoms with Crippen LogP contribution in [0.1, 0.15) is 40.4 Å². The number of carbonyl (C=O) groups is 2. The Hall–Kier alpha value is -2.82.